The van der Waals surface area contributed by atoms with Crippen molar-refractivity contribution in [3.05, 3.63) is 24.3 Å². The van der Waals surface area contributed by atoms with Crippen LogP contribution in [0.5, 0.6) is 0 Å². The smallest absolute Gasteiger partial charge is 0.240 e. The van der Waals surface area contributed by atoms with E-state index in [2.05, 4.69) is 10.0 Å². The molecule has 0 saturated heterocycles. The zero-order valence-corrected chi connectivity index (χ0v) is 12.9. The van der Waals surface area contributed by atoms with Gasteiger partial charge in [0.1, 0.15) is 0 Å². The number of sulfonamides is 1. The topological polar surface area (TPSA) is 101 Å². The van der Waals surface area contributed by atoms with Crippen LogP contribution in [0.1, 0.15) is 6.42 Å². The third-order valence-corrected chi connectivity index (χ3v) is 4.47. The average molecular weight is 317 g/mol. The lowest BCUT2D eigenvalue weighted by atomic mass is 10.3. The summed E-state index contributed by atoms with van der Waals surface area (Å²) in [6.45, 7) is 0.400. The van der Waals surface area contributed by atoms with E-state index in [-0.39, 0.29) is 23.9 Å². The minimum absolute atomic E-state index is 0.105. The van der Waals surface area contributed by atoms with Crippen LogP contribution in [0.3, 0.4) is 0 Å². The van der Waals surface area contributed by atoms with Crippen LogP contribution in [-0.2, 0) is 14.8 Å². The fourth-order valence-electron chi connectivity index (χ4n) is 1.44. The molecule has 1 amide bonds. The molecule has 0 aromatic heterocycles. The first-order valence-corrected chi connectivity index (χ1v) is 8.96. The molecule has 6 nitrogen and oxygen atoms in total. The van der Waals surface area contributed by atoms with E-state index in [4.69, 9.17) is 5.73 Å². The molecule has 0 bridgehead atoms. The summed E-state index contributed by atoms with van der Waals surface area (Å²) in [6, 6.07) is 6.13. The van der Waals surface area contributed by atoms with E-state index in [9.17, 15) is 13.2 Å². The average Bonchev–Trinajstić information content (AvgIpc) is 2.43. The molecule has 0 fully saturated rings. The van der Waals surface area contributed by atoms with Crippen LogP contribution in [0.4, 0.5) is 5.69 Å². The zero-order chi connectivity index (χ0) is 15.0. The number of rotatable bonds is 8. The Morgan fingerprint density at radius 3 is 2.80 bits per heavy atom. The van der Waals surface area contributed by atoms with E-state index in [1.165, 1.54) is 12.1 Å². The van der Waals surface area contributed by atoms with Crippen molar-refractivity contribution in [2.75, 3.05) is 30.4 Å². The summed E-state index contributed by atoms with van der Waals surface area (Å²) in [5.74, 6) is 0.589. The summed E-state index contributed by atoms with van der Waals surface area (Å²) in [7, 11) is -3.58. The maximum Gasteiger partial charge on any atom is 0.240 e. The number of thioether (sulfide) groups is 1. The summed E-state index contributed by atoms with van der Waals surface area (Å²) in [5, 5.41) is 2.68. The molecule has 1 aromatic rings. The molecule has 112 valence electrons. The summed E-state index contributed by atoms with van der Waals surface area (Å²) < 4.78 is 26.2. The van der Waals surface area contributed by atoms with E-state index in [1.54, 1.807) is 23.9 Å². The van der Waals surface area contributed by atoms with Crippen LogP contribution >= 0.6 is 11.8 Å². The van der Waals surface area contributed by atoms with Crippen molar-refractivity contribution < 1.29 is 13.2 Å². The third kappa shape index (κ3) is 5.49. The van der Waals surface area contributed by atoms with Gasteiger partial charge >= 0.3 is 0 Å². The van der Waals surface area contributed by atoms with Gasteiger partial charge in [0, 0.05) is 31.0 Å². The molecule has 8 heteroatoms. The molecule has 20 heavy (non-hydrogen) atoms. The van der Waals surface area contributed by atoms with E-state index in [1.807, 2.05) is 6.26 Å². The predicted octanol–water partition coefficient (Wildman–Crippen LogP) is 0.615. The molecule has 1 aromatic carbocycles. The predicted molar refractivity (Wildman–Crippen MR) is 82.3 cm³/mol. The largest absolute Gasteiger partial charge is 0.329 e. The molecule has 0 radical (unpaired) electrons. The Morgan fingerprint density at radius 2 is 2.15 bits per heavy atom. The number of hydrogen-bond donors (Lipinski definition) is 3. The number of hydrogen-bond acceptors (Lipinski definition) is 5. The summed E-state index contributed by atoms with van der Waals surface area (Å²) in [5.41, 5.74) is 5.73. The SMILES string of the molecule is CSCCC(=O)Nc1cccc(S(=O)(=O)NCCN)c1. The fraction of sp³-hybridized carbons (Fsp3) is 0.417. The molecule has 1 rings (SSSR count). The van der Waals surface area contributed by atoms with Gasteiger partial charge in [-0.3, -0.25) is 4.79 Å². The Labute approximate surface area is 123 Å². The van der Waals surface area contributed by atoms with Crippen LogP contribution in [0.25, 0.3) is 0 Å². The molecule has 0 aliphatic rings. The van der Waals surface area contributed by atoms with Crippen molar-refractivity contribution in [3.8, 4) is 0 Å². The maximum atomic E-state index is 11.9. The standard InChI is InChI=1S/C12H19N3O3S2/c1-19-8-5-12(16)15-10-3-2-4-11(9-10)20(17,18)14-7-6-13/h2-4,9,14H,5-8,13H2,1H3,(H,15,16). The Kier molecular flexibility index (Phi) is 7.00. The highest BCUT2D eigenvalue weighted by atomic mass is 32.2. The Hall–Kier alpha value is -1.09. The molecule has 0 aliphatic carbocycles. The minimum Gasteiger partial charge on any atom is -0.329 e. The van der Waals surface area contributed by atoms with Gasteiger partial charge < -0.3 is 11.1 Å². The van der Waals surface area contributed by atoms with E-state index in [0.29, 0.717) is 12.1 Å². The quantitative estimate of drug-likeness (QED) is 0.652. The highest BCUT2D eigenvalue weighted by molar-refractivity contribution is 7.98. The van der Waals surface area contributed by atoms with Crippen LogP contribution in [0.2, 0.25) is 0 Å². The van der Waals surface area contributed by atoms with Gasteiger partial charge in [-0.2, -0.15) is 11.8 Å². The molecular weight excluding hydrogens is 298 g/mol. The number of benzene rings is 1. The normalized spacial score (nSPS) is 11.3. The number of carbonyl (C=O) groups is 1. The van der Waals surface area contributed by atoms with Gasteiger partial charge in [-0.25, -0.2) is 13.1 Å². The molecule has 0 saturated carbocycles. The second kappa shape index (κ2) is 8.25. The van der Waals surface area contributed by atoms with Crippen LogP contribution in [-0.4, -0.2) is 39.4 Å². The van der Waals surface area contributed by atoms with E-state index < -0.39 is 10.0 Å². The molecule has 0 heterocycles. The zero-order valence-electron chi connectivity index (χ0n) is 11.3. The first-order chi connectivity index (χ1) is 9.49. The highest BCUT2D eigenvalue weighted by Gasteiger charge is 2.13. The van der Waals surface area contributed by atoms with Gasteiger partial charge in [-0.05, 0) is 24.5 Å². The number of nitrogens with two attached hydrogens (primary N) is 1. The van der Waals surface area contributed by atoms with E-state index >= 15 is 0 Å². The van der Waals surface area contributed by atoms with Gasteiger partial charge in [0.05, 0.1) is 4.90 Å². The van der Waals surface area contributed by atoms with Crippen molar-refractivity contribution in [2.24, 2.45) is 5.73 Å². The van der Waals surface area contributed by atoms with Crippen LogP contribution in [0, 0.1) is 0 Å². The lowest BCUT2D eigenvalue weighted by Crippen LogP contribution is -2.29. The van der Waals surface area contributed by atoms with Crippen molar-refractivity contribution in [2.45, 2.75) is 11.3 Å². The lowest BCUT2D eigenvalue weighted by molar-refractivity contribution is -0.115. The first kappa shape index (κ1) is 17.0. The molecule has 4 N–H and O–H groups in total. The summed E-state index contributed by atoms with van der Waals surface area (Å²) in [6.07, 6.45) is 2.31. The molecule has 0 unspecified atom stereocenters. The molecule has 0 aliphatic heterocycles. The van der Waals surface area contributed by atoms with Crippen molar-refractivity contribution in [3.63, 3.8) is 0 Å². The fourth-order valence-corrected chi connectivity index (χ4v) is 2.92. The molecule has 0 atom stereocenters. The van der Waals surface area contributed by atoms with Crippen molar-refractivity contribution in [1.29, 1.82) is 0 Å². The van der Waals surface area contributed by atoms with Gasteiger partial charge in [0.25, 0.3) is 0 Å². The number of amides is 1. The van der Waals surface area contributed by atoms with Gasteiger partial charge in [0.2, 0.25) is 15.9 Å². The molecular formula is C12H19N3O3S2. The lowest BCUT2D eigenvalue weighted by Gasteiger charge is -2.08. The van der Waals surface area contributed by atoms with Crippen molar-refractivity contribution >= 4 is 33.4 Å². The monoisotopic (exact) mass is 317 g/mol. The minimum atomic E-state index is -3.58. The Bertz CT molecular complexity index is 547. The Balaban J connectivity index is 2.78. The number of carbonyl (C=O) groups excluding carboxylic acids is 1. The Morgan fingerprint density at radius 1 is 1.40 bits per heavy atom. The van der Waals surface area contributed by atoms with Crippen LogP contribution in [0.15, 0.2) is 29.2 Å². The summed E-state index contributed by atoms with van der Waals surface area (Å²) in [4.78, 5) is 11.7. The van der Waals surface area contributed by atoms with Gasteiger partial charge in [-0.15, -0.1) is 0 Å². The van der Waals surface area contributed by atoms with Crippen LogP contribution < -0.4 is 15.8 Å². The number of anilines is 1. The summed E-state index contributed by atoms with van der Waals surface area (Å²) >= 11 is 1.58. The first-order valence-electron chi connectivity index (χ1n) is 6.08. The second-order valence-electron chi connectivity index (χ2n) is 4.01. The second-order valence-corrected chi connectivity index (χ2v) is 6.76. The van der Waals surface area contributed by atoms with Gasteiger partial charge in [0.15, 0.2) is 0 Å². The third-order valence-electron chi connectivity index (χ3n) is 2.40. The van der Waals surface area contributed by atoms with Gasteiger partial charge in [-0.1, -0.05) is 6.07 Å². The van der Waals surface area contributed by atoms with Crippen molar-refractivity contribution in [1.82, 2.24) is 4.72 Å². The maximum absolute atomic E-state index is 11.9. The molecule has 0 spiro atoms. The van der Waals surface area contributed by atoms with E-state index in [0.717, 1.165) is 5.75 Å². The highest BCUT2D eigenvalue weighted by Crippen LogP contribution is 2.15. The number of nitrogens with one attached hydrogen (secondary N) is 2.